The average Bonchev–Trinajstić information content (AvgIpc) is 2.29. The van der Waals surface area contributed by atoms with Gasteiger partial charge >= 0.3 is 0 Å². The third-order valence-electron chi connectivity index (χ3n) is 2.97. The van der Waals surface area contributed by atoms with E-state index in [2.05, 4.69) is 25.7 Å². The van der Waals surface area contributed by atoms with E-state index in [1.165, 1.54) is 6.07 Å². The number of nitrogens with two attached hydrogens (primary N) is 1. The van der Waals surface area contributed by atoms with Crippen molar-refractivity contribution in [1.29, 1.82) is 0 Å². The molecule has 1 unspecified atom stereocenters. The van der Waals surface area contributed by atoms with E-state index in [1.54, 1.807) is 6.07 Å². The first-order valence-electron chi connectivity index (χ1n) is 5.88. The van der Waals surface area contributed by atoms with Crippen LogP contribution in [0.1, 0.15) is 32.8 Å². The number of nitrogens with zero attached hydrogens (tertiary/aromatic N) is 1. The number of hydrogen-bond donors (Lipinski definition) is 1. The van der Waals surface area contributed by atoms with Crippen LogP contribution in [0.15, 0.2) is 18.2 Å². The standard InChI is InChI=1S/C13H21FN2/c1-4-10(3)16(5-2)13-7-11(9-15)6-12(14)8-13/h6-8,10H,4-5,9,15H2,1-3H3. The minimum absolute atomic E-state index is 0.209. The Hall–Kier alpha value is -1.09. The van der Waals surface area contributed by atoms with Crippen LogP contribution in [0.3, 0.4) is 0 Å². The van der Waals surface area contributed by atoms with Gasteiger partial charge in [0, 0.05) is 24.8 Å². The lowest BCUT2D eigenvalue weighted by molar-refractivity contribution is 0.609. The predicted octanol–water partition coefficient (Wildman–Crippen LogP) is 2.91. The zero-order valence-corrected chi connectivity index (χ0v) is 10.3. The third-order valence-corrected chi connectivity index (χ3v) is 2.97. The molecule has 0 aliphatic carbocycles. The summed E-state index contributed by atoms with van der Waals surface area (Å²) in [4.78, 5) is 2.20. The molecule has 0 aliphatic rings. The molecule has 1 aromatic rings. The molecule has 0 saturated carbocycles. The molecule has 90 valence electrons. The summed E-state index contributed by atoms with van der Waals surface area (Å²) < 4.78 is 13.4. The Morgan fingerprint density at radius 3 is 2.50 bits per heavy atom. The molecule has 0 aromatic heterocycles. The Morgan fingerprint density at radius 2 is 2.00 bits per heavy atom. The minimum atomic E-state index is -0.209. The fourth-order valence-corrected chi connectivity index (χ4v) is 1.89. The van der Waals surface area contributed by atoms with Crippen LogP contribution in [-0.2, 0) is 6.54 Å². The molecule has 2 nitrogen and oxygen atoms in total. The van der Waals surface area contributed by atoms with Crippen LogP contribution in [0, 0.1) is 5.82 Å². The second kappa shape index (κ2) is 5.85. The molecular formula is C13H21FN2. The zero-order valence-electron chi connectivity index (χ0n) is 10.3. The quantitative estimate of drug-likeness (QED) is 0.833. The molecule has 1 rings (SSSR count). The van der Waals surface area contributed by atoms with Crippen molar-refractivity contribution in [2.75, 3.05) is 11.4 Å². The van der Waals surface area contributed by atoms with Crippen molar-refractivity contribution in [3.63, 3.8) is 0 Å². The minimum Gasteiger partial charge on any atom is -0.369 e. The van der Waals surface area contributed by atoms with Crippen LogP contribution in [0.4, 0.5) is 10.1 Å². The van der Waals surface area contributed by atoms with Gasteiger partial charge in [0.1, 0.15) is 5.82 Å². The molecule has 1 atom stereocenters. The molecule has 0 fully saturated rings. The molecule has 0 amide bonds. The fraction of sp³-hybridized carbons (Fsp3) is 0.538. The summed E-state index contributed by atoms with van der Waals surface area (Å²) in [5.41, 5.74) is 7.32. The Kier molecular flexibility index (Phi) is 4.74. The molecule has 1 aromatic carbocycles. The van der Waals surface area contributed by atoms with E-state index in [0.717, 1.165) is 24.2 Å². The van der Waals surface area contributed by atoms with Crippen LogP contribution < -0.4 is 10.6 Å². The Labute approximate surface area is 97.3 Å². The van der Waals surface area contributed by atoms with Crippen LogP contribution in [0.2, 0.25) is 0 Å². The van der Waals surface area contributed by atoms with E-state index in [4.69, 9.17) is 5.73 Å². The summed E-state index contributed by atoms with van der Waals surface area (Å²) in [6.07, 6.45) is 1.04. The average molecular weight is 224 g/mol. The van der Waals surface area contributed by atoms with Crippen molar-refractivity contribution in [2.45, 2.75) is 39.8 Å². The first kappa shape index (κ1) is 13.0. The normalized spacial score (nSPS) is 12.6. The van der Waals surface area contributed by atoms with Crippen molar-refractivity contribution in [1.82, 2.24) is 0 Å². The molecule has 0 spiro atoms. The highest BCUT2D eigenvalue weighted by atomic mass is 19.1. The monoisotopic (exact) mass is 224 g/mol. The second-order valence-electron chi connectivity index (χ2n) is 4.07. The lowest BCUT2D eigenvalue weighted by Gasteiger charge is -2.29. The molecule has 0 aliphatic heterocycles. The Bertz CT molecular complexity index is 339. The van der Waals surface area contributed by atoms with Gasteiger partial charge in [-0.05, 0) is 44.0 Å². The summed E-state index contributed by atoms with van der Waals surface area (Å²) in [5, 5.41) is 0. The summed E-state index contributed by atoms with van der Waals surface area (Å²) in [6, 6.07) is 5.46. The fourth-order valence-electron chi connectivity index (χ4n) is 1.89. The molecular weight excluding hydrogens is 203 g/mol. The maximum absolute atomic E-state index is 13.4. The number of anilines is 1. The highest BCUT2D eigenvalue weighted by molar-refractivity contribution is 5.49. The lowest BCUT2D eigenvalue weighted by atomic mass is 10.1. The van der Waals surface area contributed by atoms with Crippen LogP contribution in [-0.4, -0.2) is 12.6 Å². The summed E-state index contributed by atoms with van der Waals surface area (Å²) in [7, 11) is 0. The summed E-state index contributed by atoms with van der Waals surface area (Å²) >= 11 is 0. The smallest absolute Gasteiger partial charge is 0.125 e. The molecule has 0 bridgehead atoms. The van der Waals surface area contributed by atoms with Gasteiger partial charge in [-0.1, -0.05) is 6.92 Å². The maximum atomic E-state index is 13.4. The summed E-state index contributed by atoms with van der Waals surface area (Å²) in [5.74, 6) is -0.209. The van der Waals surface area contributed by atoms with E-state index in [0.29, 0.717) is 12.6 Å². The van der Waals surface area contributed by atoms with E-state index >= 15 is 0 Å². The summed E-state index contributed by atoms with van der Waals surface area (Å²) in [6.45, 7) is 7.62. The van der Waals surface area contributed by atoms with Crippen molar-refractivity contribution < 1.29 is 4.39 Å². The Balaban J connectivity index is 3.04. The maximum Gasteiger partial charge on any atom is 0.125 e. The number of benzene rings is 1. The van der Waals surface area contributed by atoms with Gasteiger partial charge in [-0.3, -0.25) is 0 Å². The van der Waals surface area contributed by atoms with Crippen LogP contribution in [0.25, 0.3) is 0 Å². The lowest BCUT2D eigenvalue weighted by Crippen LogP contribution is -2.32. The van der Waals surface area contributed by atoms with Gasteiger partial charge in [-0.25, -0.2) is 4.39 Å². The van der Waals surface area contributed by atoms with Gasteiger partial charge < -0.3 is 10.6 Å². The molecule has 0 radical (unpaired) electrons. The number of hydrogen-bond acceptors (Lipinski definition) is 2. The van der Waals surface area contributed by atoms with Gasteiger partial charge in [0.15, 0.2) is 0 Å². The van der Waals surface area contributed by atoms with Crippen molar-refractivity contribution in [2.24, 2.45) is 5.73 Å². The van der Waals surface area contributed by atoms with Gasteiger partial charge in [0.05, 0.1) is 0 Å². The van der Waals surface area contributed by atoms with Crippen molar-refractivity contribution in [3.05, 3.63) is 29.6 Å². The van der Waals surface area contributed by atoms with Crippen molar-refractivity contribution in [3.8, 4) is 0 Å². The predicted molar refractivity (Wildman–Crippen MR) is 67.1 cm³/mol. The first-order chi connectivity index (χ1) is 7.62. The molecule has 0 saturated heterocycles. The SMILES string of the molecule is CCC(C)N(CC)c1cc(F)cc(CN)c1. The van der Waals surface area contributed by atoms with Gasteiger partial charge in [0.2, 0.25) is 0 Å². The van der Waals surface area contributed by atoms with Crippen LogP contribution >= 0.6 is 0 Å². The van der Waals surface area contributed by atoms with Gasteiger partial charge in [-0.2, -0.15) is 0 Å². The zero-order chi connectivity index (χ0) is 12.1. The van der Waals surface area contributed by atoms with Gasteiger partial charge in [0.25, 0.3) is 0 Å². The number of halogens is 1. The largest absolute Gasteiger partial charge is 0.369 e. The molecule has 0 heterocycles. The molecule has 2 N–H and O–H groups in total. The third kappa shape index (κ3) is 2.95. The Morgan fingerprint density at radius 1 is 1.31 bits per heavy atom. The van der Waals surface area contributed by atoms with E-state index < -0.39 is 0 Å². The molecule has 16 heavy (non-hydrogen) atoms. The topological polar surface area (TPSA) is 29.3 Å². The second-order valence-corrected chi connectivity index (χ2v) is 4.07. The highest BCUT2D eigenvalue weighted by Gasteiger charge is 2.12. The van der Waals surface area contributed by atoms with Crippen molar-refractivity contribution >= 4 is 5.69 Å². The molecule has 3 heteroatoms. The highest BCUT2D eigenvalue weighted by Crippen LogP contribution is 2.21. The van der Waals surface area contributed by atoms with E-state index in [-0.39, 0.29) is 5.82 Å². The van der Waals surface area contributed by atoms with Crippen LogP contribution in [0.5, 0.6) is 0 Å². The first-order valence-corrected chi connectivity index (χ1v) is 5.88. The van der Waals surface area contributed by atoms with Gasteiger partial charge in [-0.15, -0.1) is 0 Å². The number of rotatable bonds is 5. The van der Waals surface area contributed by atoms with E-state index in [9.17, 15) is 4.39 Å². The van der Waals surface area contributed by atoms with E-state index in [1.807, 2.05) is 6.07 Å².